The molecule has 1 amide bonds. The molecule has 0 aliphatic heterocycles. The van der Waals surface area contributed by atoms with Crippen LogP contribution in [0.2, 0.25) is 0 Å². The molecule has 6 heteroatoms. The molecule has 0 spiro atoms. The smallest absolute Gasteiger partial charge is 0.253 e. The van der Waals surface area contributed by atoms with Gasteiger partial charge in [-0.2, -0.15) is 5.10 Å². The Morgan fingerprint density at radius 2 is 2.06 bits per heavy atom. The van der Waals surface area contributed by atoms with Gasteiger partial charge in [0.05, 0.1) is 0 Å². The van der Waals surface area contributed by atoms with Crippen molar-refractivity contribution in [1.82, 2.24) is 20.1 Å². The van der Waals surface area contributed by atoms with Gasteiger partial charge in [-0.15, -0.1) is 0 Å². The summed E-state index contributed by atoms with van der Waals surface area (Å²) in [7, 11) is 3.49. The van der Waals surface area contributed by atoms with Crippen molar-refractivity contribution in [2.45, 2.75) is 10.9 Å². The van der Waals surface area contributed by atoms with E-state index in [1.165, 1.54) is 6.33 Å². The van der Waals surface area contributed by atoms with E-state index in [1.54, 1.807) is 30.8 Å². The van der Waals surface area contributed by atoms with Gasteiger partial charge in [-0.1, -0.05) is 23.9 Å². The fourth-order valence-electron chi connectivity index (χ4n) is 1.42. The van der Waals surface area contributed by atoms with E-state index in [1.807, 2.05) is 24.3 Å². The number of rotatable bonds is 4. The first kappa shape index (κ1) is 12.6. The van der Waals surface area contributed by atoms with Gasteiger partial charge >= 0.3 is 0 Å². The monoisotopic (exact) mass is 262 g/mol. The van der Waals surface area contributed by atoms with Crippen LogP contribution in [0.3, 0.4) is 0 Å². The Balaban J connectivity index is 1.97. The first-order valence-electron chi connectivity index (χ1n) is 5.45. The molecule has 0 aliphatic rings. The zero-order valence-corrected chi connectivity index (χ0v) is 11.1. The van der Waals surface area contributed by atoms with E-state index in [-0.39, 0.29) is 5.91 Å². The number of aromatic nitrogens is 3. The summed E-state index contributed by atoms with van der Waals surface area (Å²) in [6, 6.07) is 7.61. The highest BCUT2D eigenvalue weighted by molar-refractivity contribution is 7.98. The van der Waals surface area contributed by atoms with Crippen LogP contribution in [-0.2, 0) is 5.75 Å². The topological polar surface area (TPSA) is 61.9 Å². The Bertz CT molecular complexity index is 507. The SMILES string of the molecule is CN(C)C(=O)c1ccc(CSc2ncn[nH]2)cc1. The maximum absolute atomic E-state index is 11.7. The molecule has 0 fully saturated rings. The fraction of sp³-hybridized carbons (Fsp3) is 0.250. The predicted octanol–water partition coefficient (Wildman–Crippen LogP) is 1.80. The Labute approximate surface area is 110 Å². The maximum Gasteiger partial charge on any atom is 0.253 e. The number of nitrogens with one attached hydrogen (secondary N) is 1. The van der Waals surface area contributed by atoms with Crippen molar-refractivity contribution < 1.29 is 4.79 Å². The van der Waals surface area contributed by atoms with Crippen molar-refractivity contribution in [2.75, 3.05) is 14.1 Å². The highest BCUT2D eigenvalue weighted by Crippen LogP contribution is 2.18. The summed E-state index contributed by atoms with van der Waals surface area (Å²) < 4.78 is 0. The van der Waals surface area contributed by atoms with Crippen molar-refractivity contribution in [3.8, 4) is 0 Å². The summed E-state index contributed by atoms with van der Waals surface area (Å²) in [6.07, 6.45) is 1.49. The lowest BCUT2D eigenvalue weighted by Gasteiger charge is -2.10. The summed E-state index contributed by atoms with van der Waals surface area (Å²) in [5.74, 6) is 0.815. The lowest BCUT2D eigenvalue weighted by Crippen LogP contribution is -2.21. The zero-order chi connectivity index (χ0) is 13.0. The quantitative estimate of drug-likeness (QED) is 0.853. The van der Waals surface area contributed by atoms with Crippen LogP contribution in [0.4, 0.5) is 0 Å². The number of benzene rings is 1. The van der Waals surface area contributed by atoms with Crippen LogP contribution in [0.1, 0.15) is 15.9 Å². The van der Waals surface area contributed by atoms with E-state index in [0.29, 0.717) is 5.56 Å². The number of carbonyl (C=O) groups excluding carboxylic acids is 1. The molecular formula is C12H14N4OS. The largest absolute Gasteiger partial charge is 0.345 e. The second-order valence-electron chi connectivity index (χ2n) is 3.98. The van der Waals surface area contributed by atoms with Gasteiger partial charge in [-0.05, 0) is 17.7 Å². The molecule has 0 aliphatic carbocycles. The number of aromatic amines is 1. The van der Waals surface area contributed by atoms with Gasteiger partial charge in [-0.3, -0.25) is 9.89 Å². The van der Waals surface area contributed by atoms with Crippen LogP contribution >= 0.6 is 11.8 Å². The van der Waals surface area contributed by atoms with Crippen LogP contribution < -0.4 is 0 Å². The lowest BCUT2D eigenvalue weighted by atomic mass is 10.1. The van der Waals surface area contributed by atoms with Crippen LogP contribution in [0, 0.1) is 0 Å². The van der Waals surface area contributed by atoms with Crippen molar-refractivity contribution in [2.24, 2.45) is 0 Å². The van der Waals surface area contributed by atoms with Crippen molar-refractivity contribution >= 4 is 17.7 Å². The molecule has 1 aromatic carbocycles. The highest BCUT2D eigenvalue weighted by Gasteiger charge is 2.07. The standard InChI is InChI=1S/C12H14N4OS/c1-16(2)11(17)10-5-3-9(4-6-10)7-18-12-13-8-14-15-12/h3-6,8H,7H2,1-2H3,(H,13,14,15). The van der Waals surface area contributed by atoms with Gasteiger partial charge in [0.2, 0.25) is 0 Å². The first-order chi connectivity index (χ1) is 8.66. The minimum absolute atomic E-state index is 0.0180. The number of thioether (sulfide) groups is 1. The maximum atomic E-state index is 11.7. The Kier molecular flexibility index (Phi) is 3.99. The van der Waals surface area contributed by atoms with Crippen molar-refractivity contribution in [3.63, 3.8) is 0 Å². The third-order valence-electron chi connectivity index (χ3n) is 2.38. The lowest BCUT2D eigenvalue weighted by molar-refractivity contribution is 0.0827. The molecule has 1 N–H and O–H groups in total. The number of H-pyrrole nitrogens is 1. The third kappa shape index (κ3) is 3.10. The van der Waals surface area contributed by atoms with Gasteiger partial charge in [-0.25, -0.2) is 4.98 Å². The molecule has 0 saturated carbocycles. The molecule has 1 heterocycles. The summed E-state index contributed by atoms with van der Waals surface area (Å²) in [5, 5.41) is 7.37. The second-order valence-corrected chi connectivity index (χ2v) is 4.94. The van der Waals surface area contributed by atoms with E-state index in [9.17, 15) is 4.79 Å². The normalized spacial score (nSPS) is 10.3. The number of hydrogen-bond donors (Lipinski definition) is 1. The van der Waals surface area contributed by atoms with Gasteiger partial charge in [0.1, 0.15) is 6.33 Å². The van der Waals surface area contributed by atoms with Crippen LogP contribution in [0.15, 0.2) is 35.7 Å². The molecule has 0 unspecified atom stereocenters. The first-order valence-corrected chi connectivity index (χ1v) is 6.44. The van der Waals surface area contributed by atoms with Crippen molar-refractivity contribution in [3.05, 3.63) is 41.7 Å². The number of amides is 1. The Hall–Kier alpha value is -1.82. The molecule has 94 valence electrons. The van der Waals surface area contributed by atoms with E-state index >= 15 is 0 Å². The van der Waals surface area contributed by atoms with Crippen molar-refractivity contribution in [1.29, 1.82) is 0 Å². The summed E-state index contributed by atoms with van der Waals surface area (Å²) in [4.78, 5) is 17.3. The van der Waals surface area contributed by atoms with E-state index in [0.717, 1.165) is 16.5 Å². The third-order valence-corrected chi connectivity index (χ3v) is 3.32. The van der Waals surface area contributed by atoms with E-state index in [2.05, 4.69) is 15.2 Å². The number of carbonyl (C=O) groups is 1. The molecule has 5 nitrogen and oxygen atoms in total. The molecule has 2 rings (SSSR count). The van der Waals surface area contributed by atoms with Gasteiger partial charge in [0.15, 0.2) is 5.16 Å². The summed E-state index contributed by atoms with van der Waals surface area (Å²) in [5.41, 5.74) is 1.85. The van der Waals surface area contributed by atoms with Gasteiger partial charge in [0, 0.05) is 25.4 Å². The van der Waals surface area contributed by atoms with Crippen LogP contribution in [0.5, 0.6) is 0 Å². The molecule has 0 atom stereocenters. The average Bonchev–Trinajstić information content (AvgIpc) is 2.89. The molecule has 0 saturated heterocycles. The molecule has 2 aromatic rings. The summed E-state index contributed by atoms with van der Waals surface area (Å²) >= 11 is 1.58. The zero-order valence-electron chi connectivity index (χ0n) is 10.3. The Morgan fingerprint density at radius 3 is 2.61 bits per heavy atom. The van der Waals surface area contributed by atoms with E-state index in [4.69, 9.17) is 0 Å². The minimum Gasteiger partial charge on any atom is -0.345 e. The molecule has 1 aromatic heterocycles. The molecular weight excluding hydrogens is 248 g/mol. The highest BCUT2D eigenvalue weighted by atomic mass is 32.2. The molecule has 18 heavy (non-hydrogen) atoms. The van der Waals surface area contributed by atoms with Crippen LogP contribution in [-0.4, -0.2) is 40.1 Å². The predicted molar refractivity (Wildman–Crippen MR) is 70.4 cm³/mol. The molecule has 0 bridgehead atoms. The average molecular weight is 262 g/mol. The second kappa shape index (κ2) is 5.68. The van der Waals surface area contributed by atoms with Gasteiger partial charge in [0.25, 0.3) is 5.91 Å². The summed E-state index contributed by atoms with van der Waals surface area (Å²) in [6.45, 7) is 0. The van der Waals surface area contributed by atoms with E-state index < -0.39 is 0 Å². The molecule has 0 radical (unpaired) electrons. The van der Waals surface area contributed by atoms with Gasteiger partial charge < -0.3 is 4.90 Å². The number of hydrogen-bond acceptors (Lipinski definition) is 4. The Morgan fingerprint density at radius 1 is 1.33 bits per heavy atom. The minimum atomic E-state index is 0.0180. The number of nitrogens with zero attached hydrogens (tertiary/aromatic N) is 3. The fourth-order valence-corrected chi connectivity index (χ4v) is 2.15. The van der Waals surface area contributed by atoms with Crippen LogP contribution in [0.25, 0.3) is 0 Å².